The van der Waals surface area contributed by atoms with Gasteiger partial charge in [-0.05, 0) is 83.0 Å². The number of hydrogen-bond donors (Lipinski definition) is 1. The molecule has 0 atom stereocenters. The van der Waals surface area contributed by atoms with Crippen molar-refractivity contribution in [3.63, 3.8) is 0 Å². The third-order valence-corrected chi connectivity index (χ3v) is 8.22. The molecule has 9 heteroatoms. The molecule has 5 aromatic rings. The molecule has 4 heterocycles. The van der Waals surface area contributed by atoms with Crippen molar-refractivity contribution in [3.05, 3.63) is 83.9 Å². The first kappa shape index (κ1) is 30.2. The van der Waals surface area contributed by atoms with Gasteiger partial charge in [0.2, 0.25) is 0 Å². The minimum absolute atomic E-state index is 0.241. The fraction of sp³-hybridized carbons (Fsp3) is 0.361. The van der Waals surface area contributed by atoms with E-state index in [0.29, 0.717) is 26.2 Å². The lowest BCUT2D eigenvalue weighted by molar-refractivity contribution is 0.0240. The number of nitrogens with zero attached hydrogens (tertiary/aromatic N) is 5. The van der Waals surface area contributed by atoms with Crippen LogP contribution < -0.4 is 9.64 Å². The zero-order valence-corrected chi connectivity index (χ0v) is 27.1. The highest BCUT2D eigenvalue weighted by atomic mass is 16.6. The van der Waals surface area contributed by atoms with Gasteiger partial charge >= 0.3 is 6.09 Å². The molecule has 3 aromatic heterocycles. The summed E-state index contributed by atoms with van der Waals surface area (Å²) in [6.07, 6.45) is 3.72. The second-order valence-corrected chi connectivity index (χ2v) is 12.6. The number of aryl methyl sites for hydroxylation is 1. The molecule has 0 spiro atoms. The molecule has 1 amide bonds. The molecular weight excluding hydrogens is 564 g/mol. The number of anilines is 1. The number of piperazine rings is 1. The number of benzene rings is 2. The van der Waals surface area contributed by atoms with Gasteiger partial charge in [-0.2, -0.15) is 5.10 Å². The molecule has 1 saturated heterocycles. The Bertz CT molecular complexity index is 1810. The summed E-state index contributed by atoms with van der Waals surface area (Å²) in [5, 5.41) is 5.99. The van der Waals surface area contributed by atoms with E-state index in [2.05, 4.69) is 70.9 Å². The van der Waals surface area contributed by atoms with E-state index in [-0.39, 0.29) is 6.09 Å². The van der Waals surface area contributed by atoms with Gasteiger partial charge in [-0.15, -0.1) is 0 Å². The number of aromatic nitrogens is 4. The maximum Gasteiger partial charge on any atom is 0.410 e. The number of rotatable bonds is 7. The fourth-order valence-electron chi connectivity index (χ4n) is 6.02. The molecule has 0 radical (unpaired) electrons. The molecule has 45 heavy (non-hydrogen) atoms. The second kappa shape index (κ2) is 12.3. The zero-order chi connectivity index (χ0) is 31.7. The van der Waals surface area contributed by atoms with Crippen molar-refractivity contribution in [3.8, 4) is 28.0 Å². The molecule has 0 unspecified atom stereocenters. The number of nitrogens with one attached hydrogen (secondary N) is 1. The highest BCUT2D eigenvalue weighted by Gasteiger charge is 2.26. The highest BCUT2D eigenvalue weighted by molar-refractivity contribution is 5.97. The van der Waals surface area contributed by atoms with Crippen molar-refractivity contribution in [2.45, 2.75) is 53.7 Å². The van der Waals surface area contributed by atoms with Gasteiger partial charge in [-0.3, -0.25) is 4.68 Å². The molecule has 1 fully saturated rings. The molecule has 6 rings (SSSR count). The van der Waals surface area contributed by atoms with Crippen LogP contribution in [0.4, 0.5) is 10.5 Å². The average molecular weight is 607 g/mol. The third-order valence-electron chi connectivity index (χ3n) is 8.22. The number of hydrogen-bond acceptors (Lipinski definition) is 6. The van der Waals surface area contributed by atoms with Crippen LogP contribution in [0.25, 0.3) is 33.3 Å². The van der Waals surface area contributed by atoms with Crippen molar-refractivity contribution < 1.29 is 14.3 Å². The Morgan fingerprint density at radius 3 is 2.44 bits per heavy atom. The monoisotopic (exact) mass is 606 g/mol. The van der Waals surface area contributed by atoms with Crippen LogP contribution in [0.5, 0.6) is 5.75 Å². The summed E-state index contributed by atoms with van der Waals surface area (Å²) >= 11 is 0. The van der Waals surface area contributed by atoms with Crippen molar-refractivity contribution in [1.82, 2.24) is 24.6 Å². The summed E-state index contributed by atoms with van der Waals surface area (Å²) < 4.78 is 13.3. The van der Waals surface area contributed by atoms with E-state index < -0.39 is 5.60 Å². The lowest BCUT2D eigenvalue weighted by atomic mass is 10.0. The maximum atomic E-state index is 12.5. The summed E-state index contributed by atoms with van der Waals surface area (Å²) in [6.45, 7) is 16.0. The fourth-order valence-corrected chi connectivity index (χ4v) is 6.02. The van der Waals surface area contributed by atoms with Gasteiger partial charge in [0, 0.05) is 72.0 Å². The number of amides is 1. The van der Waals surface area contributed by atoms with Crippen LogP contribution in [0.1, 0.15) is 44.6 Å². The molecule has 2 aromatic carbocycles. The van der Waals surface area contributed by atoms with E-state index >= 15 is 0 Å². The molecule has 9 nitrogen and oxygen atoms in total. The van der Waals surface area contributed by atoms with Crippen LogP contribution >= 0.6 is 0 Å². The summed E-state index contributed by atoms with van der Waals surface area (Å²) in [7, 11) is 0. The van der Waals surface area contributed by atoms with Gasteiger partial charge in [0.25, 0.3) is 0 Å². The summed E-state index contributed by atoms with van der Waals surface area (Å²) in [5.41, 5.74) is 9.13. The number of pyridine rings is 1. The Kier molecular flexibility index (Phi) is 8.27. The number of ether oxygens (including phenoxy) is 2. The van der Waals surface area contributed by atoms with Gasteiger partial charge in [-0.1, -0.05) is 24.3 Å². The van der Waals surface area contributed by atoms with Gasteiger partial charge in [0.15, 0.2) is 0 Å². The Morgan fingerprint density at radius 1 is 0.978 bits per heavy atom. The first-order valence-electron chi connectivity index (χ1n) is 15.7. The minimum atomic E-state index is -0.486. The van der Waals surface area contributed by atoms with E-state index in [0.717, 1.165) is 74.8 Å². The van der Waals surface area contributed by atoms with Crippen LogP contribution in [0.2, 0.25) is 0 Å². The number of H-pyrrole nitrogens is 1. The van der Waals surface area contributed by atoms with Gasteiger partial charge in [0.1, 0.15) is 17.0 Å². The predicted molar refractivity (Wildman–Crippen MR) is 179 cm³/mol. The number of carbonyl (C=O) groups excluding carboxylic acids is 1. The average Bonchev–Trinajstić information content (AvgIpc) is 3.55. The standard InChI is InChI=1S/C36H42N6O3/c1-7-44-30-10-8-9-26(19-30)23-42-25(3)33(24(2)39-42)32-22-38-34-31(32)20-28(21-37-34)27-11-13-29(14-12-27)40-15-17-41(18-16-40)35(43)45-36(4,5)6/h8-14,19-22H,7,15-18,23H2,1-6H3,(H,37,38). The number of aromatic amines is 1. The Balaban J connectivity index is 1.20. The SMILES string of the molecule is CCOc1cccc(Cn2nc(C)c(-c3c[nH]c4ncc(-c5ccc(N6CCN(C(=O)OC(C)(C)C)CC6)cc5)cc34)c2C)c1. The number of fused-ring (bicyclic) bond motifs is 1. The first-order valence-corrected chi connectivity index (χ1v) is 15.7. The van der Waals surface area contributed by atoms with E-state index in [1.54, 1.807) is 4.90 Å². The van der Waals surface area contributed by atoms with Gasteiger partial charge in [0.05, 0.1) is 18.8 Å². The molecule has 0 saturated carbocycles. The lowest BCUT2D eigenvalue weighted by Crippen LogP contribution is -2.50. The van der Waals surface area contributed by atoms with Crippen LogP contribution in [0.15, 0.2) is 67.0 Å². The van der Waals surface area contributed by atoms with E-state index in [1.807, 2.05) is 52.2 Å². The molecule has 234 valence electrons. The predicted octanol–water partition coefficient (Wildman–Crippen LogP) is 7.21. The van der Waals surface area contributed by atoms with Gasteiger partial charge < -0.3 is 24.3 Å². The molecule has 0 aliphatic carbocycles. The Hall–Kier alpha value is -4.79. The van der Waals surface area contributed by atoms with Gasteiger partial charge in [-0.25, -0.2) is 9.78 Å². The van der Waals surface area contributed by atoms with Crippen molar-refractivity contribution in [1.29, 1.82) is 0 Å². The lowest BCUT2D eigenvalue weighted by Gasteiger charge is -2.36. The first-order chi connectivity index (χ1) is 21.6. The second-order valence-electron chi connectivity index (χ2n) is 12.6. The molecule has 1 aliphatic heterocycles. The zero-order valence-electron chi connectivity index (χ0n) is 27.1. The number of carbonyl (C=O) groups is 1. The highest BCUT2D eigenvalue weighted by Crippen LogP contribution is 2.35. The minimum Gasteiger partial charge on any atom is -0.494 e. The summed E-state index contributed by atoms with van der Waals surface area (Å²) in [6, 6.07) is 19.0. The topological polar surface area (TPSA) is 88.5 Å². The van der Waals surface area contributed by atoms with E-state index in [1.165, 1.54) is 0 Å². The van der Waals surface area contributed by atoms with Crippen LogP contribution in [-0.2, 0) is 11.3 Å². The summed E-state index contributed by atoms with van der Waals surface area (Å²) in [4.78, 5) is 24.7. The normalized spacial score (nSPS) is 13.8. The largest absolute Gasteiger partial charge is 0.494 e. The van der Waals surface area contributed by atoms with Crippen LogP contribution in [-0.4, -0.2) is 69.1 Å². The molecule has 0 bridgehead atoms. The van der Waals surface area contributed by atoms with Crippen molar-refractivity contribution in [2.75, 3.05) is 37.7 Å². The van der Waals surface area contributed by atoms with Crippen LogP contribution in [0, 0.1) is 13.8 Å². The summed E-state index contributed by atoms with van der Waals surface area (Å²) in [5.74, 6) is 0.876. The Morgan fingerprint density at radius 2 is 1.73 bits per heavy atom. The van der Waals surface area contributed by atoms with E-state index in [9.17, 15) is 4.79 Å². The quantitative estimate of drug-likeness (QED) is 0.211. The molecular formula is C36H42N6O3. The van der Waals surface area contributed by atoms with E-state index in [4.69, 9.17) is 19.6 Å². The molecule has 1 N–H and O–H groups in total. The van der Waals surface area contributed by atoms with Crippen LogP contribution in [0.3, 0.4) is 0 Å². The third kappa shape index (κ3) is 6.53. The maximum absolute atomic E-state index is 12.5. The molecule has 1 aliphatic rings. The Labute approximate surface area is 264 Å². The van der Waals surface area contributed by atoms with Crippen molar-refractivity contribution in [2.24, 2.45) is 0 Å². The smallest absolute Gasteiger partial charge is 0.410 e. The van der Waals surface area contributed by atoms with Crippen molar-refractivity contribution >= 4 is 22.8 Å².